The van der Waals surface area contributed by atoms with Crippen LogP contribution in [0, 0.1) is 5.21 Å². The fraction of sp³-hybridized carbons (Fsp3) is 0.471. The predicted octanol–water partition coefficient (Wildman–Crippen LogP) is 3.36. The molecule has 2 heterocycles. The third-order valence-corrected chi connectivity index (χ3v) is 6.23. The number of hydrogen-bond donors (Lipinski definition) is 1. The molecule has 29 heavy (non-hydrogen) atoms. The summed E-state index contributed by atoms with van der Waals surface area (Å²) in [6.45, 7) is 1.72. The Balaban J connectivity index is 1.96. The summed E-state index contributed by atoms with van der Waals surface area (Å²) in [6.07, 6.45) is -1.28. The van der Waals surface area contributed by atoms with Crippen molar-refractivity contribution >= 4 is 34.0 Å². The van der Waals surface area contributed by atoms with Crippen LogP contribution in [0.25, 0.3) is 5.69 Å². The second-order valence-corrected chi connectivity index (χ2v) is 8.48. The van der Waals surface area contributed by atoms with Gasteiger partial charge in [0.1, 0.15) is 5.69 Å². The summed E-state index contributed by atoms with van der Waals surface area (Å²) in [4.78, 5) is 12.3. The molecule has 0 saturated heterocycles. The number of carbonyl (C=O) groups excluding carboxylic acids is 1. The lowest BCUT2D eigenvalue weighted by molar-refractivity contribution is -0.605. The number of hydrogen-bond acceptors (Lipinski definition) is 4. The first kappa shape index (κ1) is 23.1. The van der Waals surface area contributed by atoms with E-state index >= 15 is 0 Å². The molecule has 0 aromatic carbocycles. The Hall–Kier alpha value is -2.14. The highest BCUT2D eigenvalue weighted by atomic mass is 35.5. The van der Waals surface area contributed by atoms with E-state index in [1.54, 1.807) is 13.0 Å². The van der Waals surface area contributed by atoms with Gasteiger partial charge in [0, 0.05) is 40.7 Å². The van der Waals surface area contributed by atoms with Gasteiger partial charge in [-0.15, -0.1) is 0 Å². The van der Waals surface area contributed by atoms with Crippen molar-refractivity contribution in [3.63, 3.8) is 0 Å². The highest BCUT2D eigenvalue weighted by Crippen LogP contribution is 2.24. The standard InChI is InChI=1S/C17H20ClF3N4O3S/c1-2-13(29(28)8-4-6-17(19,20)21)9-15(26)22-14-11-25(23-16(14)18)12-5-3-7-24(27)10-12/h3,5,7,10-11,13H,2,4,6,8-9H2,1H3,(H,22,26). The maximum Gasteiger partial charge on any atom is 0.389 e. The second kappa shape index (κ2) is 10.1. The van der Waals surface area contributed by atoms with Crippen molar-refractivity contribution < 1.29 is 26.9 Å². The van der Waals surface area contributed by atoms with Gasteiger partial charge >= 0.3 is 6.18 Å². The Bertz CT molecular complexity index is 876. The van der Waals surface area contributed by atoms with E-state index in [9.17, 15) is 27.4 Å². The number of halogens is 4. The van der Waals surface area contributed by atoms with Crippen LogP contribution in [0.3, 0.4) is 0 Å². The SMILES string of the molecule is CCC(CC(=O)Nc1cn(-c2ccc[n+]([O-])c2)nc1Cl)S(=O)CCCC(F)(F)F. The number of rotatable bonds is 9. The van der Waals surface area contributed by atoms with Gasteiger partial charge in [-0.1, -0.05) is 18.5 Å². The molecular formula is C17H20ClF3N4O3S. The van der Waals surface area contributed by atoms with Gasteiger partial charge in [0.15, 0.2) is 11.3 Å². The number of pyridine rings is 1. The monoisotopic (exact) mass is 452 g/mol. The molecule has 1 amide bonds. The Labute approximate surface area is 172 Å². The van der Waals surface area contributed by atoms with E-state index in [1.807, 2.05) is 0 Å². The molecule has 0 aliphatic carbocycles. The van der Waals surface area contributed by atoms with Crippen molar-refractivity contribution in [1.82, 2.24) is 9.78 Å². The summed E-state index contributed by atoms with van der Waals surface area (Å²) >= 11 is 6.02. The largest absolute Gasteiger partial charge is 0.619 e. The smallest absolute Gasteiger partial charge is 0.389 e. The molecule has 2 atom stereocenters. The molecule has 2 aromatic heterocycles. The molecule has 0 fully saturated rings. The summed E-state index contributed by atoms with van der Waals surface area (Å²) in [5.41, 5.74) is 0.637. The molecular weight excluding hydrogens is 433 g/mol. The van der Waals surface area contributed by atoms with Crippen molar-refractivity contribution in [2.75, 3.05) is 11.1 Å². The number of aromatic nitrogens is 3. The van der Waals surface area contributed by atoms with Crippen LogP contribution in [0.15, 0.2) is 30.7 Å². The van der Waals surface area contributed by atoms with Gasteiger partial charge in [0.2, 0.25) is 12.1 Å². The number of anilines is 1. The Morgan fingerprint density at radius 2 is 2.21 bits per heavy atom. The van der Waals surface area contributed by atoms with Crippen LogP contribution < -0.4 is 10.0 Å². The van der Waals surface area contributed by atoms with E-state index < -0.39 is 34.6 Å². The molecule has 2 unspecified atom stereocenters. The highest BCUT2D eigenvalue weighted by molar-refractivity contribution is 7.85. The summed E-state index contributed by atoms with van der Waals surface area (Å²) in [5.74, 6) is -0.595. The van der Waals surface area contributed by atoms with Crippen molar-refractivity contribution in [3.8, 4) is 5.69 Å². The first-order valence-electron chi connectivity index (χ1n) is 8.77. The lowest BCUT2D eigenvalue weighted by Gasteiger charge is -2.14. The van der Waals surface area contributed by atoms with E-state index in [0.717, 1.165) is 0 Å². The topological polar surface area (TPSA) is 90.9 Å². The predicted molar refractivity (Wildman–Crippen MR) is 103 cm³/mol. The van der Waals surface area contributed by atoms with Gasteiger partial charge < -0.3 is 10.5 Å². The zero-order chi connectivity index (χ0) is 21.6. The minimum Gasteiger partial charge on any atom is -0.619 e. The lowest BCUT2D eigenvalue weighted by atomic mass is 10.2. The molecule has 12 heteroatoms. The van der Waals surface area contributed by atoms with Gasteiger partial charge in [-0.3, -0.25) is 9.00 Å². The molecule has 1 N–H and O–H groups in total. The van der Waals surface area contributed by atoms with Gasteiger partial charge in [-0.05, 0) is 18.9 Å². The molecule has 0 radical (unpaired) electrons. The minimum atomic E-state index is -4.29. The number of alkyl halides is 3. The molecule has 0 aliphatic heterocycles. The highest BCUT2D eigenvalue weighted by Gasteiger charge is 2.27. The zero-order valence-corrected chi connectivity index (χ0v) is 17.1. The first-order chi connectivity index (χ1) is 13.6. The fourth-order valence-electron chi connectivity index (χ4n) is 2.56. The zero-order valence-electron chi connectivity index (χ0n) is 15.5. The third kappa shape index (κ3) is 7.32. The Morgan fingerprint density at radius 1 is 1.48 bits per heavy atom. The number of amides is 1. The molecule has 0 spiro atoms. The van der Waals surface area contributed by atoms with Gasteiger partial charge in [-0.25, -0.2) is 4.68 Å². The van der Waals surface area contributed by atoms with Gasteiger partial charge in [0.05, 0.1) is 11.9 Å². The van der Waals surface area contributed by atoms with Crippen molar-refractivity contribution in [2.24, 2.45) is 0 Å². The molecule has 0 bridgehead atoms. The third-order valence-electron chi connectivity index (χ3n) is 4.01. The average molecular weight is 453 g/mol. The number of nitrogens with one attached hydrogen (secondary N) is 1. The van der Waals surface area contributed by atoms with Crippen LogP contribution >= 0.6 is 11.6 Å². The van der Waals surface area contributed by atoms with E-state index in [2.05, 4.69) is 10.4 Å². The Morgan fingerprint density at radius 3 is 2.83 bits per heavy atom. The molecule has 160 valence electrons. The van der Waals surface area contributed by atoms with Crippen LogP contribution in [0.1, 0.15) is 32.6 Å². The molecule has 2 aromatic rings. The summed E-state index contributed by atoms with van der Waals surface area (Å²) < 4.78 is 50.8. The van der Waals surface area contributed by atoms with Gasteiger partial charge in [0.25, 0.3) is 0 Å². The normalized spacial score (nSPS) is 13.8. The van der Waals surface area contributed by atoms with Crippen LogP contribution in [0.4, 0.5) is 18.9 Å². The van der Waals surface area contributed by atoms with Crippen molar-refractivity contribution in [2.45, 2.75) is 44.0 Å². The van der Waals surface area contributed by atoms with Crippen molar-refractivity contribution in [3.05, 3.63) is 41.1 Å². The van der Waals surface area contributed by atoms with E-state index in [4.69, 9.17) is 11.6 Å². The van der Waals surface area contributed by atoms with Crippen LogP contribution in [0.5, 0.6) is 0 Å². The average Bonchev–Trinajstić information content (AvgIpc) is 2.99. The first-order valence-corrected chi connectivity index (χ1v) is 10.5. The van der Waals surface area contributed by atoms with Crippen LogP contribution in [-0.2, 0) is 15.6 Å². The molecule has 0 aliphatic rings. The van der Waals surface area contributed by atoms with E-state index in [0.29, 0.717) is 16.8 Å². The fourth-order valence-corrected chi connectivity index (χ4v) is 4.21. The lowest BCUT2D eigenvalue weighted by Crippen LogP contribution is -2.25. The van der Waals surface area contributed by atoms with Crippen molar-refractivity contribution in [1.29, 1.82) is 0 Å². The number of nitrogens with zero attached hydrogens (tertiary/aromatic N) is 3. The molecule has 2 rings (SSSR count). The van der Waals surface area contributed by atoms with Gasteiger partial charge in [-0.2, -0.15) is 23.0 Å². The minimum absolute atomic E-state index is 0.000926. The van der Waals surface area contributed by atoms with Crippen LogP contribution in [0.2, 0.25) is 5.15 Å². The quantitative estimate of drug-likeness (QED) is 0.466. The summed E-state index contributed by atoms with van der Waals surface area (Å²) in [6, 6.07) is 3.15. The second-order valence-electron chi connectivity index (χ2n) is 6.29. The van der Waals surface area contributed by atoms with Crippen LogP contribution in [-0.4, -0.2) is 37.1 Å². The number of carbonyl (C=O) groups is 1. The maximum atomic E-state index is 12.3. The Kier molecular flexibility index (Phi) is 8.03. The molecule has 0 saturated carbocycles. The summed E-state index contributed by atoms with van der Waals surface area (Å²) in [5, 5.41) is 17.4. The van der Waals surface area contributed by atoms with E-state index in [-0.39, 0.29) is 29.4 Å². The summed E-state index contributed by atoms with van der Waals surface area (Å²) in [7, 11) is -1.56. The van der Waals surface area contributed by atoms with E-state index in [1.165, 1.54) is 29.3 Å². The molecule has 7 nitrogen and oxygen atoms in total. The maximum absolute atomic E-state index is 12.3.